The average molecular weight is 595 g/mol. The summed E-state index contributed by atoms with van der Waals surface area (Å²) in [6.07, 6.45) is 0. The highest BCUT2D eigenvalue weighted by Crippen LogP contribution is 2.65. The van der Waals surface area contributed by atoms with Crippen LogP contribution in [0.5, 0.6) is 0 Å². The Morgan fingerprint density at radius 3 is 1.63 bits per heavy atom. The third-order valence-electron chi connectivity index (χ3n) is 7.41. The highest BCUT2D eigenvalue weighted by Gasteiger charge is 2.31. The van der Waals surface area contributed by atoms with Crippen LogP contribution in [-0.4, -0.2) is 11.5 Å². The van der Waals surface area contributed by atoms with E-state index in [4.69, 9.17) is 0 Å². The second-order valence-corrected chi connectivity index (χ2v) is 16.9. The Hall–Kier alpha value is -1.80. The summed E-state index contributed by atoms with van der Waals surface area (Å²) in [5, 5.41) is 13.4. The number of fused-ring (bicyclic) bond motifs is 10. The van der Waals surface area contributed by atoms with Gasteiger partial charge in [-0.05, 0) is 66.0 Å². The lowest BCUT2D eigenvalue weighted by atomic mass is 9.91. The molecule has 0 radical (unpaired) electrons. The molecule has 0 saturated carbocycles. The van der Waals surface area contributed by atoms with Gasteiger partial charge in [0.15, 0.2) is 0 Å². The second-order valence-electron chi connectivity index (χ2n) is 9.55. The predicted octanol–water partition coefficient (Wildman–Crippen LogP) is 11.9. The molecule has 6 heteroatoms. The molecule has 0 aliphatic carbocycles. The van der Waals surface area contributed by atoms with Crippen molar-refractivity contribution in [3.05, 3.63) is 102 Å². The van der Waals surface area contributed by atoms with Crippen molar-refractivity contribution >= 4 is 124 Å². The van der Waals surface area contributed by atoms with E-state index >= 15 is 0 Å². The topological polar surface area (TPSA) is 0 Å². The minimum Gasteiger partial charge on any atom is -0.116 e. The molecule has 0 atom stereocenters. The molecule has 0 saturated heterocycles. The van der Waals surface area contributed by atoms with Gasteiger partial charge in [0.25, 0.3) is 0 Å². The van der Waals surface area contributed by atoms with Crippen LogP contribution in [0.3, 0.4) is 0 Å². The van der Waals surface area contributed by atoms with Crippen LogP contribution in [0.1, 0.15) is 0 Å². The van der Waals surface area contributed by atoms with Crippen molar-refractivity contribution < 1.29 is 0 Å². The molecule has 38 heavy (non-hydrogen) atoms. The molecule has 6 aromatic carbocycles. The van der Waals surface area contributed by atoms with Gasteiger partial charge >= 0.3 is 0 Å². The van der Waals surface area contributed by atoms with Gasteiger partial charge in [0.1, 0.15) is 0 Å². The first-order valence-electron chi connectivity index (χ1n) is 12.5. The number of rotatable bonds is 0. The van der Waals surface area contributed by atoms with Crippen LogP contribution in [0.25, 0.3) is 53.9 Å². The molecule has 0 N–H and O–H groups in total. The Morgan fingerprint density at radius 2 is 0.921 bits per heavy atom. The van der Waals surface area contributed by atoms with Crippen molar-refractivity contribution in [3.8, 4) is 0 Å². The van der Waals surface area contributed by atoms with Gasteiger partial charge in [-0.1, -0.05) is 120 Å². The second kappa shape index (κ2) is 8.85. The molecule has 0 amide bonds. The zero-order valence-corrected chi connectivity index (χ0v) is 24.8. The minimum atomic E-state index is 1.23. The molecule has 3 aliphatic heterocycles. The van der Waals surface area contributed by atoms with E-state index in [1.807, 2.05) is 70.6 Å². The maximum atomic E-state index is 2.47. The van der Waals surface area contributed by atoms with E-state index in [-0.39, 0.29) is 0 Å². The summed E-state index contributed by atoms with van der Waals surface area (Å²) in [4.78, 5) is 2.79. The first-order chi connectivity index (χ1) is 18.8. The summed E-state index contributed by atoms with van der Waals surface area (Å²) in [6, 6.07) is 32.1. The summed E-state index contributed by atoms with van der Waals surface area (Å²) >= 11 is 12.0. The van der Waals surface area contributed by atoms with Crippen molar-refractivity contribution in [3.63, 3.8) is 0 Å². The summed E-state index contributed by atoms with van der Waals surface area (Å²) in [5.74, 6) is 2.47. The minimum absolute atomic E-state index is 1.23. The lowest BCUT2D eigenvalue weighted by Gasteiger charge is -2.13. The molecule has 6 aromatic rings. The van der Waals surface area contributed by atoms with E-state index < -0.39 is 0 Å². The van der Waals surface area contributed by atoms with Crippen LogP contribution in [0.4, 0.5) is 0 Å². The summed E-state index contributed by atoms with van der Waals surface area (Å²) < 4.78 is 5.96. The van der Waals surface area contributed by atoms with Crippen LogP contribution in [-0.2, 0) is 0 Å². The maximum Gasteiger partial charge on any atom is 0.0717 e. The Labute approximate surface area is 245 Å². The molecule has 0 aromatic heterocycles. The SMILES string of the molecule is c1ccc2c(c1)ccc1ccc3ccc4ccc5cc6c(cc5c4c3c12)SC(=C1SC2=C(SCCS2)S1)S6. The molecule has 3 heterocycles. The van der Waals surface area contributed by atoms with Gasteiger partial charge < -0.3 is 0 Å². The van der Waals surface area contributed by atoms with Gasteiger partial charge in [-0.25, -0.2) is 0 Å². The number of hydrogen-bond donors (Lipinski definition) is 0. The Morgan fingerprint density at radius 1 is 0.395 bits per heavy atom. The molecule has 0 unspecified atom stereocenters. The first-order valence-corrected chi connectivity index (χ1v) is 17.7. The van der Waals surface area contributed by atoms with Gasteiger partial charge in [-0.15, -0.1) is 23.5 Å². The van der Waals surface area contributed by atoms with Crippen molar-refractivity contribution in [2.45, 2.75) is 9.79 Å². The number of hydrogen-bond acceptors (Lipinski definition) is 6. The average Bonchev–Trinajstić information content (AvgIpc) is 3.59. The van der Waals surface area contributed by atoms with E-state index in [0.29, 0.717) is 0 Å². The van der Waals surface area contributed by atoms with Crippen molar-refractivity contribution in [2.24, 2.45) is 0 Å². The molecule has 0 nitrogen and oxygen atoms in total. The highest BCUT2D eigenvalue weighted by molar-refractivity contribution is 8.42. The predicted molar refractivity (Wildman–Crippen MR) is 180 cm³/mol. The lowest BCUT2D eigenvalue weighted by molar-refractivity contribution is 1.30. The van der Waals surface area contributed by atoms with Crippen LogP contribution < -0.4 is 0 Å². The quantitative estimate of drug-likeness (QED) is 0.159. The third kappa shape index (κ3) is 3.47. The van der Waals surface area contributed by atoms with Crippen LogP contribution >= 0.6 is 70.6 Å². The highest BCUT2D eigenvalue weighted by atomic mass is 32.3. The van der Waals surface area contributed by atoms with Crippen LogP contribution in [0.2, 0.25) is 0 Å². The number of benzene rings is 6. The van der Waals surface area contributed by atoms with Crippen molar-refractivity contribution in [1.82, 2.24) is 0 Å². The fraction of sp³-hybridized carbons (Fsp3) is 0.0625. The van der Waals surface area contributed by atoms with Gasteiger partial charge in [-0.3, -0.25) is 0 Å². The molecular formula is C32H18S6. The smallest absolute Gasteiger partial charge is 0.0717 e. The van der Waals surface area contributed by atoms with E-state index in [1.165, 1.54) is 92.1 Å². The fourth-order valence-electron chi connectivity index (χ4n) is 5.73. The van der Waals surface area contributed by atoms with E-state index in [0.717, 1.165) is 0 Å². The van der Waals surface area contributed by atoms with Crippen molar-refractivity contribution in [2.75, 3.05) is 11.5 Å². The summed E-state index contributed by atoms with van der Waals surface area (Å²) in [6.45, 7) is 0. The van der Waals surface area contributed by atoms with Crippen LogP contribution in [0.15, 0.2) is 112 Å². The van der Waals surface area contributed by atoms with Gasteiger partial charge in [0.2, 0.25) is 0 Å². The molecule has 9 rings (SSSR count). The molecule has 0 fully saturated rings. The molecular weight excluding hydrogens is 577 g/mol. The first kappa shape index (κ1) is 23.0. The normalized spacial score (nSPS) is 17.5. The maximum absolute atomic E-state index is 2.47. The van der Waals surface area contributed by atoms with Gasteiger partial charge in [-0.2, -0.15) is 0 Å². The van der Waals surface area contributed by atoms with E-state index in [1.54, 1.807) is 0 Å². The third-order valence-corrected chi connectivity index (χ3v) is 16.2. The molecule has 3 aliphatic rings. The van der Waals surface area contributed by atoms with Crippen LogP contribution in [0, 0.1) is 0 Å². The monoisotopic (exact) mass is 594 g/mol. The fourth-order valence-corrected chi connectivity index (χ4v) is 14.5. The van der Waals surface area contributed by atoms with Gasteiger partial charge in [0.05, 0.1) is 16.9 Å². The summed E-state index contributed by atoms with van der Waals surface area (Å²) in [7, 11) is 0. The molecule has 182 valence electrons. The van der Waals surface area contributed by atoms with Crippen molar-refractivity contribution in [1.29, 1.82) is 0 Å². The molecule has 0 bridgehead atoms. The van der Waals surface area contributed by atoms with E-state index in [9.17, 15) is 0 Å². The van der Waals surface area contributed by atoms with E-state index in [2.05, 4.69) is 84.9 Å². The Bertz CT molecular complexity index is 2060. The Balaban J connectivity index is 1.30. The molecule has 0 spiro atoms. The summed E-state index contributed by atoms with van der Waals surface area (Å²) in [5.41, 5.74) is 0. The largest absolute Gasteiger partial charge is 0.116 e. The number of thioether (sulfide) groups is 6. The zero-order chi connectivity index (χ0) is 24.8. The standard InChI is InChI=1S/C32H18S6/c1-2-4-22-17(3-1)5-6-18-7-9-20-10-8-19-11-12-21-15-24-25(16-23(21)27(19)28(20)26(18)22)36-31(35-24)32-37-29-30(38-32)34-14-13-33-29/h1-12,15-16H,13-14H2. The lowest BCUT2D eigenvalue weighted by Crippen LogP contribution is -1.88. The Kier molecular flexibility index (Phi) is 5.35. The van der Waals surface area contributed by atoms with Gasteiger partial charge in [0, 0.05) is 21.3 Å². The zero-order valence-electron chi connectivity index (χ0n) is 19.9.